The highest BCUT2D eigenvalue weighted by molar-refractivity contribution is 5.84. The summed E-state index contributed by atoms with van der Waals surface area (Å²) in [6.07, 6.45) is -0.0852. The van der Waals surface area contributed by atoms with E-state index in [1.807, 2.05) is 13.8 Å². The first-order valence-electron chi connectivity index (χ1n) is 5.84. The number of aliphatic carboxylic acids is 1. The molecule has 0 rings (SSSR count). The van der Waals surface area contributed by atoms with E-state index >= 15 is 0 Å². The number of carbonyl (C=O) groups excluding carboxylic acids is 1. The number of rotatable bonds is 7. The maximum Gasteiger partial charge on any atom is 0.310 e. The van der Waals surface area contributed by atoms with E-state index in [1.54, 1.807) is 20.8 Å². The molecule has 0 bridgehead atoms. The van der Waals surface area contributed by atoms with Crippen molar-refractivity contribution in [2.75, 3.05) is 6.61 Å². The van der Waals surface area contributed by atoms with Gasteiger partial charge in [-0.2, -0.15) is 0 Å². The van der Waals surface area contributed by atoms with Crippen LogP contribution in [0.5, 0.6) is 0 Å². The van der Waals surface area contributed by atoms with Crippen LogP contribution < -0.4 is 5.48 Å². The van der Waals surface area contributed by atoms with Gasteiger partial charge in [-0.05, 0) is 18.8 Å². The summed E-state index contributed by atoms with van der Waals surface area (Å²) >= 11 is 0. The average molecular weight is 245 g/mol. The molecule has 5 nitrogen and oxygen atoms in total. The summed E-state index contributed by atoms with van der Waals surface area (Å²) in [5.74, 6) is -1.18. The van der Waals surface area contributed by atoms with Crippen molar-refractivity contribution in [1.29, 1.82) is 0 Å². The van der Waals surface area contributed by atoms with Gasteiger partial charge in [0, 0.05) is 6.42 Å². The fourth-order valence-corrected chi connectivity index (χ4v) is 1.19. The van der Waals surface area contributed by atoms with Crippen molar-refractivity contribution in [2.24, 2.45) is 17.3 Å². The van der Waals surface area contributed by atoms with Crippen molar-refractivity contribution in [1.82, 2.24) is 5.48 Å². The molecule has 0 aliphatic carbocycles. The highest BCUT2D eigenvalue weighted by Gasteiger charge is 2.38. The van der Waals surface area contributed by atoms with Crippen LogP contribution in [0.15, 0.2) is 0 Å². The van der Waals surface area contributed by atoms with Gasteiger partial charge >= 0.3 is 5.97 Å². The molecule has 5 heteroatoms. The van der Waals surface area contributed by atoms with Gasteiger partial charge in [-0.15, -0.1) is 0 Å². The third-order valence-corrected chi connectivity index (χ3v) is 2.89. The first-order chi connectivity index (χ1) is 7.70. The molecule has 2 N–H and O–H groups in total. The molecule has 1 atom stereocenters. The molecule has 1 amide bonds. The average Bonchev–Trinajstić information content (AvgIpc) is 2.15. The molecule has 0 aromatic carbocycles. The lowest BCUT2D eigenvalue weighted by atomic mass is 9.76. The van der Waals surface area contributed by atoms with Gasteiger partial charge in [-0.25, -0.2) is 5.48 Å². The Morgan fingerprint density at radius 2 is 1.82 bits per heavy atom. The molecule has 0 saturated heterocycles. The van der Waals surface area contributed by atoms with Gasteiger partial charge in [0.25, 0.3) is 0 Å². The SMILES string of the molecule is CC(C)CONC(=O)CC(C)(C(=O)O)C(C)C. The quantitative estimate of drug-likeness (QED) is 0.671. The normalized spacial score (nSPS) is 14.8. The highest BCUT2D eigenvalue weighted by atomic mass is 16.6. The maximum atomic E-state index is 11.5. The molecule has 0 aromatic rings. The van der Waals surface area contributed by atoms with E-state index in [2.05, 4.69) is 5.48 Å². The Bertz CT molecular complexity index is 276. The van der Waals surface area contributed by atoms with Crippen LogP contribution >= 0.6 is 0 Å². The summed E-state index contributed by atoms with van der Waals surface area (Å²) in [4.78, 5) is 27.7. The van der Waals surface area contributed by atoms with Crippen LogP contribution in [-0.4, -0.2) is 23.6 Å². The fourth-order valence-electron chi connectivity index (χ4n) is 1.19. The molecular weight excluding hydrogens is 222 g/mol. The van der Waals surface area contributed by atoms with Gasteiger partial charge in [-0.1, -0.05) is 27.7 Å². The lowest BCUT2D eigenvalue weighted by molar-refractivity contribution is -0.156. The summed E-state index contributed by atoms with van der Waals surface area (Å²) in [6, 6.07) is 0. The van der Waals surface area contributed by atoms with Gasteiger partial charge in [0.15, 0.2) is 0 Å². The highest BCUT2D eigenvalue weighted by Crippen LogP contribution is 2.31. The van der Waals surface area contributed by atoms with Crippen LogP contribution in [0.4, 0.5) is 0 Å². The van der Waals surface area contributed by atoms with Crippen LogP contribution in [0, 0.1) is 17.3 Å². The zero-order valence-corrected chi connectivity index (χ0v) is 11.2. The number of hydrogen-bond acceptors (Lipinski definition) is 3. The van der Waals surface area contributed by atoms with E-state index < -0.39 is 17.3 Å². The van der Waals surface area contributed by atoms with E-state index in [9.17, 15) is 9.59 Å². The lowest BCUT2D eigenvalue weighted by Crippen LogP contribution is -2.39. The smallest absolute Gasteiger partial charge is 0.310 e. The number of nitrogens with one attached hydrogen (secondary N) is 1. The molecule has 0 heterocycles. The summed E-state index contributed by atoms with van der Waals surface area (Å²) in [7, 11) is 0. The van der Waals surface area contributed by atoms with Crippen LogP contribution in [0.3, 0.4) is 0 Å². The van der Waals surface area contributed by atoms with Crippen molar-refractivity contribution in [3.05, 3.63) is 0 Å². The molecule has 0 radical (unpaired) electrons. The Morgan fingerprint density at radius 3 is 2.18 bits per heavy atom. The molecule has 0 spiro atoms. The van der Waals surface area contributed by atoms with E-state index in [-0.39, 0.29) is 12.3 Å². The van der Waals surface area contributed by atoms with Crippen molar-refractivity contribution in [3.8, 4) is 0 Å². The van der Waals surface area contributed by atoms with Crippen LogP contribution in [0.1, 0.15) is 41.0 Å². The molecule has 0 aliphatic rings. The van der Waals surface area contributed by atoms with E-state index in [1.165, 1.54) is 0 Å². The number of carboxylic acid groups (broad SMARTS) is 1. The van der Waals surface area contributed by atoms with Gasteiger partial charge in [0.1, 0.15) is 0 Å². The van der Waals surface area contributed by atoms with Crippen LogP contribution in [-0.2, 0) is 14.4 Å². The molecule has 1 unspecified atom stereocenters. The summed E-state index contributed by atoms with van der Waals surface area (Å²) in [5, 5.41) is 9.14. The van der Waals surface area contributed by atoms with E-state index in [0.717, 1.165) is 0 Å². The summed E-state index contributed by atoms with van der Waals surface area (Å²) < 4.78 is 0. The largest absolute Gasteiger partial charge is 0.481 e. The monoisotopic (exact) mass is 245 g/mol. The number of carbonyl (C=O) groups is 2. The zero-order valence-electron chi connectivity index (χ0n) is 11.2. The van der Waals surface area contributed by atoms with Crippen LogP contribution in [0.2, 0.25) is 0 Å². The maximum absolute atomic E-state index is 11.5. The Balaban J connectivity index is 4.29. The predicted molar refractivity (Wildman–Crippen MR) is 64.1 cm³/mol. The second-order valence-corrected chi connectivity index (χ2v) is 5.28. The minimum Gasteiger partial charge on any atom is -0.481 e. The minimum absolute atomic E-state index is 0.0852. The Morgan fingerprint density at radius 1 is 1.29 bits per heavy atom. The van der Waals surface area contributed by atoms with Gasteiger partial charge in [-0.3, -0.25) is 14.4 Å². The standard InChI is InChI=1S/C12H23NO4/c1-8(2)7-17-13-10(14)6-12(5,9(3)4)11(15)16/h8-9H,6-7H2,1-5H3,(H,13,14)(H,15,16). The van der Waals surface area contributed by atoms with Crippen molar-refractivity contribution in [3.63, 3.8) is 0 Å². The van der Waals surface area contributed by atoms with Crippen molar-refractivity contribution >= 4 is 11.9 Å². The minimum atomic E-state index is -1.06. The third kappa shape index (κ3) is 5.17. The van der Waals surface area contributed by atoms with Gasteiger partial charge in [0.2, 0.25) is 5.91 Å². The number of amides is 1. The first kappa shape index (κ1) is 15.9. The fraction of sp³-hybridized carbons (Fsp3) is 0.833. The predicted octanol–water partition coefficient (Wildman–Crippen LogP) is 1.83. The first-order valence-corrected chi connectivity index (χ1v) is 5.84. The lowest BCUT2D eigenvalue weighted by Gasteiger charge is -2.28. The molecule has 0 saturated carbocycles. The van der Waals surface area contributed by atoms with Gasteiger partial charge in [0.05, 0.1) is 12.0 Å². The number of carboxylic acids is 1. The van der Waals surface area contributed by atoms with E-state index in [0.29, 0.717) is 12.5 Å². The second kappa shape index (κ2) is 6.59. The third-order valence-electron chi connectivity index (χ3n) is 2.89. The van der Waals surface area contributed by atoms with Gasteiger partial charge < -0.3 is 5.11 Å². The Kier molecular flexibility index (Phi) is 6.16. The zero-order chi connectivity index (χ0) is 13.6. The Labute approximate surface area is 102 Å². The molecule has 17 heavy (non-hydrogen) atoms. The molecule has 100 valence electrons. The molecule has 0 fully saturated rings. The summed E-state index contributed by atoms with van der Waals surface area (Å²) in [6.45, 7) is 9.48. The molecule has 0 aliphatic heterocycles. The van der Waals surface area contributed by atoms with E-state index in [4.69, 9.17) is 9.94 Å². The molecule has 0 aromatic heterocycles. The molecular formula is C12H23NO4. The second-order valence-electron chi connectivity index (χ2n) is 5.28. The number of hydrogen-bond donors (Lipinski definition) is 2. The van der Waals surface area contributed by atoms with Crippen molar-refractivity contribution < 1.29 is 19.5 Å². The van der Waals surface area contributed by atoms with Crippen LogP contribution in [0.25, 0.3) is 0 Å². The number of hydroxylamine groups is 1. The van der Waals surface area contributed by atoms with Crippen molar-refractivity contribution in [2.45, 2.75) is 41.0 Å². The topological polar surface area (TPSA) is 75.6 Å². The Hall–Kier alpha value is -1.10. The summed E-state index contributed by atoms with van der Waals surface area (Å²) in [5.41, 5.74) is 1.21.